The van der Waals surface area contributed by atoms with E-state index in [-0.39, 0.29) is 11.8 Å². The number of rotatable bonds is 4. The van der Waals surface area contributed by atoms with Crippen LogP contribution in [0, 0.1) is 11.8 Å². The molecule has 0 heterocycles. The van der Waals surface area contributed by atoms with Crippen molar-refractivity contribution in [1.29, 1.82) is 0 Å². The lowest BCUT2D eigenvalue weighted by Gasteiger charge is -2.00. The highest BCUT2D eigenvalue weighted by Gasteiger charge is 2.48. The molecule has 2 atom stereocenters. The van der Waals surface area contributed by atoms with Gasteiger partial charge in [-0.25, -0.2) is 0 Å². The van der Waals surface area contributed by atoms with E-state index in [0.717, 1.165) is 6.42 Å². The highest BCUT2D eigenvalue weighted by molar-refractivity contribution is 5.89. The molecule has 12 heavy (non-hydrogen) atoms. The van der Waals surface area contributed by atoms with Gasteiger partial charge >= 0.3 is 5.97 Å². The summed E-state index contributed by atoms with van der Waals surface area (Å²) in [6.45, 7) is 2.60. The maximum Gasteiger partial charge on any atom is 0.307 e. The van der Waals surface area contributed by atoms with Crippen molar-refractivity contribution in [2.45, 2.75) is 19.8 Å². The number of carbonyl (C=O) groups excluding carboxylic acids is 1. The summed E-state index contributed by atoms with van der Waals surface area (Å²) in [5, 5.41) is 11.2. The van der Waals surface area contributed by atoms with Crippen LogP contribution in [-0.2, 0) is 9.59 Å². The fourth-order valence-corrected chi connectivity index (χ4v) is 1.14. The van der Waals surface area contributed by atoms with Crippen molar-refractivity contribution in [1.82, 2.24) is 5.32 Å². The van der Waals surface area contributed by atoms with Crippen LogP contribution in [0.3, 0.4) is 0 Å². The van der Waals surface area contributed by atoms with Gasteiger partial charge in [-0.1, -0.05) is 6.92 Å². The molecule has 1 rings (SSSR count). The molecule has 1 amide bonds. The largest absolute Gasteiger partial charge is 0.481 e. The van der Waals surface area contributed by atoms with Gasteiger partial charge in [0, 0.05) is 6.54 Å². The summed E-state index contributed by atoms with van der Waals surface area (Å²) in [5.74, 6) is -1.66. The van der Waals surface area contributed by atoms with Crippen LogP contribution in [-0.4, -0.2) is 23.5 Å². The molecule has 0 radical (unpaired) electrons. The molecule has 0 aromatic rings. The number of carboxylic acid groups (broad SMARTS) is 1. The molecule has 68 valence electrons. The SMILES string of the molecule is CCCNC(=O)[C@@H]1C[C@@H]1C(=O)O. The van der Waals surface area contributed by atoms with Gasteiger partial charge in [0.1, 0.15) is 0 Å². The smallest absolute Gasteiger partial charge is 0.307 e. The molecule has 0 saturated heterocycles. The van der Waals surface area contributed by atoms with Crippen molar-refractivity contribution in [3.63, 3.8) is 0 Å². The average molecular weight is 171 g/mol. The Morgan fingerprint density at radius 2 is 2.17 bits per heavy atom. The Labute approximate surface area is 71.0 Å². The summed E-state index contributed by atoms with van der Waals surface area (Å²) >= 11 is 0. The molecule has 0 aromatic carbocycles. The molecule has 1 saturated carbocycles. The average Bonchev–Trinajstić information content (AvgIpc) is 2.78. The van der Waals surface area contributed by atoms with Gasteiger partial charge in [-0.3, -0.25) is 9.59 Å². The Hall–Kier alpha value is -1.06. The molecule has 0 aliphatic heterocycles. The minimum atomic E-state index is -0.855. The van der Waals surface area contributed by atoms with Crippen LogP contribution in [0.25, 0.3) is 0 Å². The molecule has 1 aliphatic rings. The van der Waals surface area contributed by atoms with E-state index in [9.17, 15) is 9.59 Å². The molecule has 4 nitrogen and oxygen atoms in total. The first-order chi connectivity index (χ1) is 5.66. The summed E-state index contributed by atoms with van der Waals surface area (Å²) < 4.78 is 0. The van der Waals surface area contributed by atoms with Gasteiger partial charge in [0.15, 0.2) is 0 Å². The van der Waals surface area contributed by atoms with Crippen molar-refractivity contribution >= 4 is 11.9 Å². The second-order valence-corrected chi connectivity index (χ2v) is 3.08. The predicted molar refractivity (Wildman–Crippen MR) is 42.5 cm³/mol. The first kappa shape index (κ1) is 9.03. The summed E-state index contributed by atoms with van der Waals surface area (Å²) in [7, 11) is 0. The van der Waals surface area contributed by atoms with E-state index in [0.29, 0.717) is 13.0 Å². The van der Waals surface area contributed by atoms with Crippen LogP contribution >= 0.6 is 0 Å². The van der Waals surface area contributed by atoms with Crippen molar-refractivity contribution < 1.29 is 14.7 Å². The second kappa shape index (κ2) is 3.56. The number of carbonyl (C=O) groups is 2. The third kappa shape index (κ3) is 1.96. The van der Waals surface area contributed by atoms with Crippen molar-refractivity contribution in [2.75, 3.05) is 6.54 Å². The van der Waals surface area contributed by atoms with Gasteiger partial charge in [0.25, 0.3) is 0 Å². The molecular formula is C8H13NO3. The van der Waals surface area contributed by atoms with Crippen LogP contribution in [0.1, 0.15) is 19.8 Å². The van der Waals surface area contributed by atoms with Crippen LogP contribution < -0.4 is 5.32 Å². The highest BCUT2D eigenvalue weighted by Crippen LogP contribution is 2.38. The van der Waals surface area contributed by atoms with E-state index in [1.54, 1.807) is 0 Å². The van der Waals surface area contributed by atoms with Crippen molar-refractivity contribution in [3.8, 4) is 0 Å². The fourth-order valence-electron chi connectivity index (χ4n) is 1.14. The third-order valence-electron chi connectivity index (χ3n) is 1.99. The molecule has 0 spiro atoms. The molecule has 0 aromatic heterocycles. The number of carboxylic acids is 1. The number of aliphatic carboxylic acids is 1. The number of hydrogen-bond donors (Lipinski definition) is 2. The first-order valence-electron chi connectivity index (χ1n) is 4.17. The minimum absolute atomic E-state index is 0.107. The lowest BCUT2D eigenvalue weighted by atomic mass is 10.3. The number of hydrogen-bond acceptors (Lipinski definition) is 2. The molecule has 1 fully saturated rings. The molecule has 2 N–H and O–H groups in total. The van der Waals surface area contributed by atoms with E-state index in [1.807, 2.05) is 6.92 Å². The van der Waals surface area contributed by atoms with Gasteiger partial charge in [-0.2, -0.15) is 0 Å². The number of nitrogens with one attached hydrogen (secondary N) is 1. The first-order valence-corrected chi connectivity index (χ1v) is 4.17. The standard InChI is InChI=1S/C8H13NO3/c1-2-3-9-7(10)5-4-6(5)8(11)12/h5-6H,2-4H2,1H3,(H,9,10)(H,11,12)/t5-,6+/m1/s1. The highest BCUT2D eigenvalue weighted by atomic mass is 16.4. The molecular weight excluding hydrogens is 158 g/mol. The third-order valence-corrected chi connectivity index (χ3v) is 1.99. The maximum absolute atomic E-state index is 11.1. The normalized spacial score (nSPS) is 26.4. The minimum Gasteiger partial charge on any atom is -0.481 e. The van der Waals surface area contributed by atoms with Gasteiger partial charge in [0.2, 0.25) is 5.91 Å². The summed E-state index contributed by atoms with van der Waals surface area (Å²) in [4.78, 5) is 21.5. The maximum atomic E-state index is 11.1. The Kier molecular flexibility index (Phi) is 2.68. The zero-order valence-corrected chi connectivity index (χ0v) is 7.04. The Bertz CT molecular complexity index is 202. The van der Waals surface area contributed by atoms with Crippen LogP contribution in [0.5, 0.6) is 0 Å². The van der Waals surface area contributed by atoms with Gasteiger partial charge in [-0.05, 0) is 12.8 Å². The van der Waals surface area contributed by atoms with E-state index in [4.69, 9.17) is 5.11 Å². The molecule has 1 aliphatic carbocycles. The zero-order chi connectivity index (χ0) is 9.14. The molecule has 4 heteroatoms. The number of amides is 1. The van der Waals surface area contributed by atoms with E-state index in [1.165, 1.54) is 0 Å². The summed E-state index contributed by atoms with van der Waals surface area (Å²) in [6.07, 6.45) is 1.39. The van der Waals surface area contributed by atoms with Gasteiger partial charge < -0.3 is 10.4 Å². The van der Waals surface area contributed by atoms with Gasteiger partial charge in [-0.15, -0.1) is 0 Å². The lowest BCUT2D eigenvalue weighted by molar-refractivity contribution is -0.140. The van der Waals surface area contributed by atoms with E-state index < -0.39 is 11.9 Å². The monoisotopic (exact) mass is 171 g/mol. The lowest BCUT2D eigenvalue weighted by Crippen LogP contribution is -2.26. The Balaban J connectivity index is 2.24. The van der Waals surface area contributed by atoms with Crippen molar-refractivity contribution in [2.24, 2.45) is 11.8 Å². The molecule has 0 unspecified atom stereocenters. The zero-order valence-electron chi connectivity index (χ0n) is 7.04. The van der Waals surface area contributed by atoms with Crippen molar-refractivity contribution in [3.05, 3.63) is 0 Å². The van der Waals surface area contributed by atoms with E-state index >= 15 is 0 Å². The predicted octanol–water partition coefficient (Wildman–Crippen LogP) is 0.233. The van der Waals surface area contributed by atoms with Crippen LogP contribution in [0.15, 0.2) is 0 Å². The van der Waals surface area contributed by atoms with Gasteiger partial charge in [0.05, 0.1) is 11.8 Å². The summed E-state index contributed by atoms with van der Waals surface area (Å²) in [6, 6.07) is 0. The Morgan fingerprint density at radius 1 is 1.50 bits per heavy atom. The second-order valence-electron chi connectivity index (χ2n) is 3.08. The summed E-state index contributed by atoms with van der Waals surface area (Å²) in [5.41, 5.74) is 0. The Morgan fingerprint density at radius 3 is 2.58 bits per heavy atom. The van der Waals surface area contributed by atoms with E-state index in [2.05, 4.69) is 5.32 Å². The fraction of sp³-hybridized carbons (Fsp3) is 0.750. The van der Waals surface area contributed by atoms with Crippen LogP contribution in [0.4, 0.5) is 0 Å². The van der Waals surface area contributed by atoms with Crippen LogP contribution in [0.2, 0.25) is 0 Å². The molecule has 0 bridgehead atoms. The topological polar surface area (TPSA) is 66.4 Å². The quantitative estimate of drug-likeness (QED) is 0.636.